The lowest BCUT2D eigenvalue weighted by Crippen LogP contribution is -2.31. The van der Waals surface area contributed by atoms with Crippen LogP contribution in [-0.2, 0) is 17.6 Å². The van der Waals surface area contributed by atoms with E-state index in [0.29, 0.717) is 5.69 Å². The molecule has 0 atom stereocenters. The van der Waals surface area contributed by atoms with E-state index in [-0.39, 0.29) is 18.3 Å². The highest BCUT2D eigenvalue weighted by atomic mass is 16.2. The molecule has 4 N–H and O–H groups in total. The largest absolute Gasteiger partial charge is 0.361 e. The van der Waals surface area contributed by atoms with E-state index in [1.165, 1.54) is 0 Å². The van der Waals surface area contributed by atoms with Crippen molar-refractivity contribution in [3.05, 3.63) is 54.1 Å². The van der Waals surface area contributed by atoms with Gasteiger partial charge in [-0.2, -0.15) is 5.10 Å². The molecule has 4 aromatic rings. The van der Waals surface area contributed by atoms with Crippen molar-refractivity contribution in [1.29, 1.82) is 0 Å². The van der Waals surface area contributed by atoms with Gasteiger partial charge in [0.2, 0.25) is 5.91 Å². The molecule has 4 rings (SSSR count). The Morgan fingerprint density at radius 1 is 1.18 bits per heavy atom. The van der Waals surface area contributed by atoms with Crippen molar-refractivity contribution in [2.75, 3.05) is 5.43 Å². The number of aryl methyl sites for hydroxylation is 1. The Hall–Kier alpha value is -3.75. The lowest BCUT2D eigenvalue weighted by molar-refractivity contribution is -0.119. The number of H-pyrrole nitrogens is 2. The van der Waals surface area contributed by atoms with Crippen LogP contribution >= 0.6 is 0 Å². The minimum atomic E-state index is -0.197. The number of carbonyl (C=O) groups excluding carboxylic acids is 1. The average Bonchev–Trinajstić information content (AvgIpc) is 3.35. The van der Waals surface area contributed by atoms with E-state index in [1.54, 1.807) is 12.4 Å². The quantitative estimate of drug-likeness (QED) is 0.367. The second-order valence-corrected chi connectivity index (χ2v) is 6.39. The maximum Gasteiger partial charge on any atom is 0.261 e. The number of nitrogens with one attached hydrogen (secondary N) is 4. The molecule has 9 heteroatoms. The third-order valence-electron chi connectivity index (χ3n) is 4.40. The molecule has 3 heterocycles. The first-order valence-corrected chi connectivity index (χ1v) is 9.06. The van der Waals surface area contributed by atoms with Crippen LogP contribution in [0.3, 0.4) is 0 Å². The van der Waals surface area contributed by atoms with E-state index in [1.807, 2.05) is 30.5 Å². The second kappa shape index (κ2) is 7.87. The maximum absolute atomic E-state index is 12.2. The lowest BCUT2D eigenvalue weighted by atomic mass is 10.1. The Labute approximate surface area is 161 Å². The molecule has 28 heavy (non-hydrogen) atoms. The van der Waals surface area contributed by atoms with Crippen LogP contribution < -0.4 is 10.9 Å². The number of benzene rings is 1. The fourth-order valence-corrected chi connectivity index (χ4v) is 3.05. The first kappa shape index (κ1) is 17.7. The van der Waals surface area contributed by atoms with Crippen molar-refractivity contribution in [1.82, 2.24) is 35.8 Å². The van der Waals surface area contributed by atoms with Crippen LogP contribution in [0.4, 0.5) is 5.95 Å². The molecule has 3 aromatic heterocycles. The van der Waals surface area contributed by atoms with Gasteiger partial charge < -0.3 is 4.98 Å². The molecule has 142 valence electrons. The summed E-state index contributed by atoms with van der Waals surface area (Å²) >= 11 is 0. The molecule has 0 fully saturated rings. The van der Waals surface area contributed by atoms with Gasteiger partial charge in [0.1, 0.15) is 5.69 Å². The highest BCUT2D eigenvalue weighted by Crippen LogP contribution is 2.20. The summed E-state index contributed by atoms with van der Waals surface area (Å²) in [6.45, 7) is 2.10. The Bertz CT molecular complexity index is 1080. The van der Waals surface area contributed by atoms with Crippen LogP contribution in [0.2, 0.25) is 0 Å². The molecule has 0 aliphatic rings. The Morgan fingerprint density at radius 3 is 2.89 bits per heavy atom. The normalized spacial score (nSPS) is 10.9. The van der Waals surface area contributed by atoms with E-state index >= 15 is 0 Å². The van der Waals surface area contributed by atoms with Crippen molar-refractivity contribution in [3.8, 4) is 11.3 Å². The zero-order chi connectivity index (χ0) is 19.3. The molecule has 0 saturated heterocycles. The summed E-state index contributed by atoms with van der Waals surface area (Å²) in [5.74, 6) is 0.0223. The number of amides is 1. The summed E-state index contributed by atoms with van der Waals surface area (Å²) < 4.78 is 0. The fraction of sp³-hybridized carbons (Fsp3) is 0.211. The summed E-state index contributed by atoms with van der Waals surface area (Å²) in [4.78, 5) is 19.6. The van der Waals surface area contributed by atoms with Crippen LogP contribution in [0.1, 0.15) is 24.6 Å². The van der Waals surface area contributed by atoms with E-state index in [9.17, 15) is 4.79 Å². The van der Waals surface area contributed by atoms with E-state index in [4.69, 9.17) is 0 Å². The SMILES string of the molecule is CCCc1[nH]ncc1-c1cnc(NNC(=O)Cc2c[nH]c3ccccc23)nn1. The van der Waals surface area contributed by atoms with Crippen molar-refractivity contribution >= 4 is 22.8 Å². The predicted octanol–water partition coefficient (Wildman–Crippen LogP) is 2.38. The summed E-state index contributed by atoms with van der Waals surface area (Å²) in [5.41, 5.74) is 9.75. The number of aromatic nitrogens is 6. The number of rotatable bonds is 7. The number of fused-ring (bicyclic) bond motifs is 1. The number of hydrogen-bond donors (Lipinski definition) is 4. The van der Waals surface area contributed by atoms with Crippen LogP contribution in [0.25, 0.3) is 22.2 Å². The number of carbonyl (C=O) groups is 1. The standard InChI is InChI=1S/C19H20N8O/c1-2-5-16-14(10-22-23-16)17-11-21-19(26-24-17)27-25-18(28)8-12-9-20-15-7-4-3-6-13(12)15/h3-4,6-7,9-11,20H,2,5,8H2,1H3,(H,22,23)(H,25,28)(H,21,26,27). The molecule has 0 bridgehead atoms. The molecule has 0 saturated carbocycles. The third kappa shape index (κ3) is 3.68. The minimum absolute atomic E-state index is 0.197. The van der Waals surface area contributed by atoms with Crippen LogP contribution in [0.15, 0.2) is 42.9 Å². The smallest absolute Gasteiger partial charge is 0.261 e. The third-order valence-corrected chi connectivity index (χ3v) is 4.40. The van der Waals surface area contributed by atoms with Crippen molar-refractivity contribution in [2.45, 2.75) is 26.2 Å². The summed E-state index contributed by atoms with van der Waals surface area (Å²) in [6, 6.07) is 7.86. The molecule has 0 aliphatic heterocycles. The molecule has 0 radical (unpaired) electrons. The minimum Gasteiger partial charge on any atom is -0.361 e. The monoisotopic (exact) mass is 376 g/mol. The Kier molecular flexibility index (Phi) is 4.96. The lowest BCUT2D eigenvalue weighted by Gasteiger charge is -2.07. The first-order chi connectivity index (χ1) is 13.7. The Balaban J connectivity index is 1.37. The molecule has 0 aliphatic carbocycles. The van der Waals surface area contributed by atoms with Gasteiger partial charge >= 0.3 is 0 Å². The van der Waals surface area contributed by atoms with Gasteiger partial charge in [0, 0.05) is 28.4 Å². The van der Waals surface area contributed by atoms with Crippen LogP contribution in [-0.4, -0.2) is 36.3 Å². The van der Waals surface area contributed by atoms with Gasteiger partial charge in [-0.05, 0) is 18.1 Å². The first-order valence-electron chi connectivity index (χ1n) is 9.06. The molecular formula is C19H20N8O. The zero-order valence-corrected chi connectivity index (χ0v) is 15.4. The van der Waals surface area contributed by atoms with Crippen LogP contribution in [0.5, 0.6) is 0 Å². The number of para-hydroxylation sites is 1. The summed E-state index contributed by atoms with van der Waals surface area (Å²) in [7, 11) is 0. The highest BCUT2D eigenvalue weighted by molar-refractivity contribution is 5.89. The van der Waals surface area contributed by atoms with Crippen molar-refractivity contribution in [3.63, 3.8) is 0 Å². The van der Waals surface area contributed by atoms with Crippen LogP contribution in [0, 0.1) is 0 Å². The van der Waals surface area contributed by atoms with Gasteiger partial charge in [-0.1, -0.05) is 31.5 Å². The number of anilines is 1. The summed E-state index contributed by atoms with van der Waals surface area (Å²) in [5, 5.41) is 16.3. The molecule has 1 aromatic carbocycles. The molecular weight excluding hydrogens is 356 g/mol. The van der Waals surface area contributed by atoms with Gasteiger partial charge in [0.05, 0.1) is 18.8 Å². The molecule has 1 amide bonds. The number of nitrogens with zero attached hydrogens (tertiary/aromatic N) is 4. The van der Waals surface area contributed by atoms with E-state index in [2.05, 4.69) is 48.1 Å². The Morgan fingerprint density at radius 2 is 2.07 bits per heavy atom. The van der Waals surface area contributed by atoms with Gasteiger partial charge in [0.25, 0.3) is 5.95 Å². The average molecular weight is 376 g/mol. The van der Waals surface area contributed by atoms with Gasteiger partial charge in [-0.3, -0.25) is 20.7 Å². The van der Waals surface area contributed by atoms with Crippen molar-refractivity contribution < 1.29 is 4.79 Å². The molecule has 0 unspecified atom stereocenters. The van der Waals surface area contributed by atoms with Gasteiger partial charge in [-0.25, -0.2) is 4.98 Å². The highest BCUT2D eigenvalue weighted by Gasteiger charge is 2.11. The topological polar surface area (TPSA) is 124 Å². The number of hydrazine groups is 1. The summed E-state index contributed by atoms with van der Waals surface area (Å²) in [6.07, 6.45) is 7.27. The second-order valence-electron chi connectivity index (χ2n) is 6.39. The molecule has 0 spiro atoms. The maximum atomic E-state index is 12.2. The predicted molar refractivity (Wildman–Crippen MR) is 105 cm³/mol. The zero-order valence-electron chi connectivity index (χ0n) is 15.4. The van der Waals surface area contributed by atoms with Gasteiger partial charge in [-0.15, -0.1) is 10.2 Å². The number of aromatic amines is 2. The van der Waals surface area contributed by atoms with E-state index < -0.39 is 0 Å². The molecule has 9 nitrogen and oxygen atoms in total. The van der Waals surface area contributed by atoms with Gasteiger partial charge in [0.15, 0.2) is 0 Å². The van der Waals surface area contributed by atoms with E-state index in [0.717, 1.165) is 40.6 Å². The fourth-order valence-electron chi connectivity index (χ4n) is 3.05. The van der Waals surface area contributed by atoms with Crippen molar-refractivity contribution in [2.24, 2.45) is 0 Å². The number of hydrogen-bond acceptors (Lipinski definition) is 6.